The summed E-state index contributed by atoms with van der Waals surface area (Å²) in [5.74, 6) is 0.848. The predicted molar refractivity (Wildman–Crippen MR) is 139 cm³/mol. The number of fused-ring (bicyclic) bond motifs is 2. The number of aryl methyl sites for hydroxylation is 1. The Balaban J connectivity index is 0.000000224. The van der Waals surface area contributed by atoms with E-state index in [1.165, 1.54) is 17.7 Å². The molecule has 0 aliphatic heterocycles. The molecule has 0 fully saturated rings. The van der Waals surface area contributed by atoms with E-state index in [9.17, 15) is 13.2 Å². The summed E-state index contributed by atoms with van der Waals surface area (Å²) in [5, 5.41) is 0. The highest BCUT2D eigenvalue weighted by atomic mass is 19.1. The zero-order chi connectivity index (χ0) is 25.8. The van der Waals surface area contributed by atoms with Crippen LogP contribution >= 0.6 is 0 Å². The summed E-state index contributed by atoms with van der Waals surface area (Å²) in [6, 6.07) is 8.06. The van der Waals surface area contributed by atoms with Crippen LogP contribution in [0.15, 0.2) is 30.3 Å². The maximum atomic E-state index is 14.1. The molecule has 1 atom stereocenters. The molecule has 0 saturated heterocycles. The Hall–Kier alpha value is -1.77. The maximum absolute atomic E-state index is 14.1. The molecule has 0 nitrogen and oxygen atoms in total. The van der Waals surface area contributed by atoms with Crippen molar-refractivity contribution >= 4 is 0 Å². The molecule has 2 aliphatic rings. The van der Waals surface area contributed by atoms with Crippen LogP contribution in [0.5, 0.6) is 0 Å². The number of benzene rings is 2. The van der Waals surface area contributed by atoms with Gasteiger partial charge in [0.05, 0.1) is 0 Å². The van der Waals surface area contributed by atoms with E-state index in [0.29, 0.717) is 35.3 Å². The zero-order valence-electron chi connectivity index (χ0n) is 22.8. The summed E-state index contributed by atoms with van der Waals surface area (Å²) < 4.78 is 41.7. The van der Waals surface area contributed by atoms with E-state index in [-0.39, 0.29) is 28.3 Å². The highest BCUT2D eigenvalue weighted by Gasteiger charge is 2.45. The van der Waals surface area contributed by atoms with Crippen LogP contribution in [0.2, 0.25) is 0 Å². The molecule has 4 rings (SSSR count). The molecular weight excluding hydrogens is 429 g/mol. The second-order valence-electron chi connectivity index (χ2n) is 10.7. The van der Waals surface area contributed by atoms with Crippen LogP contribution in [-0.2, 0) is 23.7 Å². The Morgan fingerprint density at radius 2 is 1.26 bits per heavy atom. The lowest BCUT2D eigenvalue weighted by atomic mass is 9.65. The van der Waals surface area contributed by atoms with E-state index in [0.717, 1.165) is 31.2 Å². The van der Waals surface area contributed by atoms with Gasteiger partial charge in [0.2, 0.25) is 0 Å². The SMILES string of the molecule is CC.CC(C)C1(C(C)C)CCc2cccc(F)c21.CCC1(C(C)C)CCc2c(F)ccc(F)c21. The lowest BCUT2D eigenvalue weighted by molar-refractivity contribution is 0.212. The fourth-order valence-electron chi connectivity index (χ4n) is 6.78. The molecule has 3 heteroatoms. The summed E-state index contributed by atoms with van der Waals surface area (Å²) >= 11 is 0. The van der Waals surface area contributed by atoms with Crippen LogP contribution < -0.4 is 0 Å². The van der Waals surface area contributed by atoms with Crippen molar-refractivity contribution in [2.45, 2.75) is 105 Å². The van der Waals surface area contributed by atoms with Crippen LogP contribution in [-0.4, -0.2) is 0 Å². The van der Waals surface area contributed by atoms with Crippen molar-refractivity contribution in [2.75, 3.05) is 0 Å². The third kappa shape index (κ3) is 4.69. The van der Waals surface area contributed by atoms with Gasteiger partial charge in [-0.3, -0.25) is 0 Å². The van der Waals surface area contributed by atoms with Crippen molar-refractivity contribution in [1.29, 1.82) is 0 Å². The third-order valence-electron chi connectivity index (χ3n) is 8.69. The Labute approximate surface area is 206 Å². The van der Waals surface area contributed by atoms with Crippen LogP contribution in [0.4, 0.5) is 13.2 Å². The Morgan fingerprint density at radius 3 is 1.79 bits per heavy atom. The molecule has 0 aromatic heterocycles. The average Bonchev–Trinajstić information content (AvgIpc) is 3.40. The molecule has 34 heavy (non-hydrogen) atoms. The van der Waals surface area contributed by atoms with Crippen LogP contribution in [0.25, 0.3) is 0 Å². The summed E-state index contributed by atoms with van der Waals surface area (Å²) in [7, 11) is 0. The molecule has 2 aromatic carbocycles. The first-order valence-corrected chi connectivity index (χ1v) is 13.3. The van der Waals surface area contributed by atoms with E-state index in [1.54, 1.807) is 6.07 Å². The highest BCUT2D eigenvalue weighted by molar-refractivity contribution is 5.42. The highest BCUT2D eigenvalue weighted by Crippen LogP contribution is 2.50. The lowest BCUT2D eigenvalue weighted by Gasteiger charge is -2.39. The standard InChI is InChI=1S/C15H21F.C14H18F2.C2H6/c1-10(2)15(11(3)4)9-8-12-6-5-7-13(16)14(12)15;1-4-14(9(2)3)8-7-10-11(15)5-6-12(16)13(10)14;1-2/h5-7,10-11H,8-9H2,1-4H3;5-6,9H,4,7-8H2,1-3H3;1-2H3. The summed E-state index contributed by atoms with van der Waals surface area (Å²) in [6.45, 7) is 19.2. The topological polar surface area (TPSA) is 0 Å². The minimum absolute atomic E-state index is 0.00241. The van der Waals surface area contributed by atoms with Crippen molar-refractivity contribution in [2.24, 2.45) is 17.8 Å². The van der Waals surface area contributed by atoms with E-state index in [4.69, 9.17) is 0 Å². The van der Waals surface area contributed by atoms with Gasteiger partial charge in [0, 0.05) is 16.4 Å². The van der Waals surface area contributed by atoms with Gasteiger partial charge in [-0.1, -0.05) is 74.4 Å². The molecule has 0 amide bonds. The number of hydrogen-bond donors (Lipinski definition) is 0. The minimum atomic E-state index is -0.243. The van der Waals surface area contributed by atoms with E-state index < -0.39 is 0 Å². The van der Waals surface area contributed by atoms with Crippen LogP contribution in [0.1, 0.15) is 104 Å². The first-order valence-electron chi connectivity index (χ1n) is 13.3. The molecular formula is C31H45F3. The average molecular weight is 475 g/mol. The first-order chi connectivity index (χ1) is 16.0. The molecule has 2 aromatic rings. The smallest absolute Gasteiger partial charge is 0.127 e. The molecule has 2 aliphatic carbocycles. The normalized spacial score (nSPS) is 20.0. The Bertz CT molecular complexity index is 949. The first kappa shape index (κ1) is 28.5. The number of halogens is 3. The van der Waals surface area contributed by atoms with Gasteiger partial charge in [-0.15, -0.1) is 0 Å². The molecule has 0 N–H and O–H groups in total. The summed E-state index contributed by atoms with van der Waals surface area (Å²) in [5.41, 5.74) is 3.35. The molecule has 0 saturated carbocycles. The summed E-state index contributed by atoms with van der Waals surface area (Å²) in [6.07, 6.45) is 4.54. The van der Waals surface area contributed by atoms with Gasteiger partial charge in [0.15, 0.2) is 0 Å². The van der Waals surface area contributed by atoms with Gasteiger partial charge >= 0.3 is 0 Å². The van der Waals surface area contributed by atoms with Gasteiger partial charge in [-0.2, -0.15) is 0 Å². The van der Waals surface area contributed by atoms with Crippen molar-refractivity contribution < 1.29 is 13.2 Å². The molecule has 190 valence electrons. The molecule has 0 heterocycles. The predicted octanol–water partition coefficient (Wildman–Crippen LogP) is 9.56. The minimum Gasteiger partial charge on any atom is -0.207 e. The summed E-state index contributed by atoms with van der Waals surface area (Å²) in [4.78, 5) is 0. The van der Waals surface area contributed by atoms with E-state index in [1.807, 2.05) is 19.9 Å². The largest absolute Gasteiger partial charge is 0.207 e. The Kier molecular flexibility index (Phi) is 9.47. The number of hydrogen-bond acceptors (Lipinski definition) is 0. The zero-order valence-corrected chi connectivity index (χ0v) is 22.8. The van der Waals surface area contributed by atoms with Crippen molar-refractivity contribution in [1.82, 2.24) is 0 Å². The van der Waals surface area contributed by atoms with E-state index >= 15 is 0 Å². The van der Waals surface area contributed by atoms with Crippen molar-refractivity contribution in [3.05, 3.63) is 70.0 Å². The lowest BCUT2D eigenvalue weighted by Crippen LogP contribution is -2.36. The maximum Gasteiger partial charge on any atom is 0.127 e. The quantitative estimate of drug-likeness (QED) is 0.414. The van der Waals surface area contributed by atoms with Gasteiger partial charge in [0.25, 0.3) is 0 Å². The molecule has 1 unspecified atom stereocenters. The van der Waals surface area contributed by atoms with Gasteiger partial charge in [0.1, 0.15) is 17.5 Å². The fourth-order valence-corrected chi connectivity index (χ4v) is 6.78. The van der Waals surface area contributed by atoms with Crippen molar-refractivity contribution in [3.8, 4) is 0 Å². The van der Waals surface area contributed by atoms with Crippen LogP contribution in [0, 0.1) is 35.2 Å². The second-order valence-corrected chi connectivity index (χ2v) is 10.7. The van der Waals surface area contributed by atoms with Crippen LogP contribution in [0.3, 0.4) is 0 Å². The fraction of sp³-hybridized carbons (Fsp3) is 0.613. The molecule has 0 bridgehead atoms. The monoisotopic (exact) mass is 474 g/mol. The Morgan fingerprint density at radius 1 is 0.706 bits per heavy atom. The third-order valence-corrected chi connectivity index (χ3v) is 8.69. The van der Waals surface area contributed by atoms with Gasteiger partial charge < -0.3 is 0 Å². The molecule has 0 spiro atoms. The van der Waals surface area contributed by atoms with Gasteiger partial charge in [-0.25, -0.2) is 13.2 Å². The number of rotatable bonds is 4. The van der Waals surface area contributed by atoms with Gasteiger partial charge in [-0.05, 0) is 84.7 Å². The molecule has 0 radical (unpaired) electrons. The van der Waals surface area contributed by atoms with E-state index in [2.05, 4.69) is 54.5 Å². The van der Waals surface area contributed by atoms with Crippen molar-refractivity contribution in [3.63, 3.8) is 0 Å². The second kappa shape index (κ2) is 11.3.